The van der Waals surface area contributed by atoms with Gasteiger partial charge in [0.25, 0.3) is 0 Å². The van der Waals surface area contributed by atoms with Gasteiger partial charge in [0.2, 0.25) is 11.8 Å². The Labute approximate surface area is 134 Å². The van der Waals surface area contributed by atoms with E-state index in [4.69, 9.17) is 5.26 Å². The number of anilines is 2. The summed E-state index contributed by atoms with van der Waals surface area (Å²) < 4.78 is 0. The van der Waals surface area contributed by atoms with Crippen LogP contribution in [-0.4, -0.2) is 18.9 Å². The van der Waals surface area contributed by atoms with Crippen LogP contribution in [0, 0.1) is 11.3 Å². The summed E-state index contributed by atoms with van der Waals surface area (Å²) in [6.45, 7) is 0. The molecule has 3 rings (SSSR count). The fourth-order valence-electron chi connectivity index (χ4n) is 2.65. The molecular weight excluding hydrogens is 290 g/mol. The highest BCUT2D eigenvalue weighted by atomic mass is 16.2. The lowest BCUT2D eigenvalue weighted by atomic mass is 10.1. The number of fused-ring (bicyclic) bond motifs is 1. The molecule has 0 unspecified atom stereocenters. The Hall–Kier alpha value is -3.13. The molecule has 0 aliphatic carbocycles. The van der Waals surface area contributed by atoms with Crippen molar-refractivity contribution in [2.45, 2.75) is 12.8 Å². The summed E-state index contributed by atoms with van der Waals surface area (Å²) in [5, 5.41) is 11.6. The number of nitriles is 1. The molecule has 1 heterocycles. The summed E-state index contributed by atoms with van der Waals surface area (Å²) in [7, 11) is 1.76. The number of amides is 2. The zero-order chi connectivity index (χ0) is 16.4. The molecule has 2 aromatic carbocycles. The first kappa shape index (κ1) is 14.8. The van der Waals surface area contributed by atoms with E-state index in [2.05, 4.69) is 5.32 Å². The Bertz CT molecular complexity index is 819. The second-order valence-corrected chi connectivity index (χ2v) is 5.51. The number of hydrogen-bond acceptors (Lipinski definition) is 3. The van der Waals surface area contributed by atoms with Crippen LogP contribution in [-0.2, 0) is 22.4 Å². The van der Waals surface area contributed by atoms with Gasteiger partial charge in [-0.25, -0.2) is 0 Å². The first-order valence-corrected chi connectivity index (χ1v) is 7.25. The Morgan fingerprint density at radius 1 is 1.26 bits per heavy atom. The summed E-state index contributed by atoms with van der Waals surface area (Å²) in [5.74, 6) is -0.0634. The van der Waals surface area contributed by atoms with Gasteiger partial charge in [-0.1, -0.05) is 12.1 Å². The minimum absolute atomic E-state index is 0.0687. The van der Waals surface area contributed by atoms with E-state index in [-0.39, 0.29) is 18.2 Å². The van der Waals surface area contributed by atoms with Crippen molar-refractivity contribution < 1.29 is 9.59 Å². The van der Waals surface area contributed by atoms with Crippen molar-refractivity contribution in [3.63, 3.8) is 0 Å². The molecule has 2 aromatic rings. The van der Waals surface area contributed by atoms with Crippen molar-refractivity contribution in [1.82, 2.24) is 0 Å². The molecule has 0 saturated heterocycles. The number of likely N-dealkylation sites (N-methyl/N-ethyl adjacent to an activating group) is 1. The normalized spacial score (nSPS) is 12.7. The Morgan fingerprint density at radius 2 is 2.00 bits per heavy atom. The third-order valence-corrected chi connectivity index (χ3v) is 3.88. The number of carbonyl (C=O) groups is 2. The largest absolute Gasteiger partial charge is 0.326 e. The molecule has 0 aromatic heterocycles. The van der Waals surface area contributed by atoms with E-state index in [0.29, 0.717) is 17.7 Å². The van der Waals surface area contributed by atoms with Gasteiger partial charge in [-0.15, -0.1) is 0 Å². The lowest BCUT2D eigenvalue weighted by Gasteiger charge is -2.10. The topological polar surface area (TPSA) is 73.2 Å². The van der Waals surface area contributed by atoms with E-state index in [0.717, 1.165) is 16.8 Å². The third kappa shape index (κ3) is 3.06. The van der Waals surface area contributed by atoms with Crippen LogP contribution in [0.25, 0.3) is 0 Å². The average molecular weight is 305 g/mol. The highest BCUT2D eigenvalue weighted by Gasteiger charge is 2.24. The molecule has 0 bridgehead atoms. The van der Waals surface area contributed by atoms with Crippen molar-refractivity contribution in [2.24, 2.45) is 0 Å². The predicted octanol–water partition coefficient (Wildman–Crippen LogP) is 2.26. The van der Waals surface area contributed by atoms with E-state index in [9.17, 15) is 9.59 Å². The van der Waals surface area contributed by atoms with Gasteiger partial charge in [0.05, 0.1) is 24.5 Å². The van der Waals surface area contributed by atoms with Crippen LogP contribution < -0.4 is 10.2 Å². The zero-order valence-electron chi connectivity index (χ0n) is 12.7. The summed E-state index contributed by atoms with van der Waals surface area (Å²) in [6.07, 6.45) is 0.627. The van der Waals surface area contributed by atoms with Gasteiger partial charge in [0.15, 0.2) is 0 Å². The Morgan fingerprint density at radius 3 is 2.70 bits per heavy atom. The molecular formula is C18H15N3O2. The van der Waals surface area contributed by atoms with E-state index in [1.54, 1.807) is 36.2 Å². The molecule has 0 saturated carbocycles. The Kier molecular flexibility index (Phi) is 3.82. The van der Waals surface area contributed by atoms with E-state index in [1.807, 2.05) is 24.3 Å². The molecule has 0 fully saturated rings. The van der Waals surface area contributed by atoms with E-state index in [1.165, 1.54) is 0 Å². The molecule has 1 aliphatic heterocycles. The third-order valence-electron chi connectivity index (χ3n) is 3.88. The van der Waals surface area contributed by atoms with Crippen molar-refractivity contribution in [2.75, 3.05) is 17.3 Å². The number of nitrogens with zero attached hydrogens (tertiary/aromatic N) is 2. The maximum Gasteiger partial charge on any atom is 0.231 e. The van der Waals surface area contributed by atoms with Crippen molar-refractivity contribution in [1.29, 1.82) is 5.26 Å². The molecule has 0 spiro atoms. The SMILES string of the molecule is CN1C(=O)Cc2cc(CC(=O)Nc3ccc(C#N)cc3)ccc21. The quantitative estimate of drug-likeness (QED) is 0.945. The monoisotopic (exact) mass is 305 g/mol. The van der Waals surface area contributed by atoms with Gasteiger partial charge < -0.3 is 10.2 Å². The molecule has 5 heteroatoms. The van der Waals surface area contributed by atoms with Crippen LogP contribution in [0.1, 0.15) is 16.7 Å². The van der Waals surface area contributed by atoms with Gasteiger partial charge in [-0.05, 0) is 41.5 Å². The fraction of sp³-hybridized carbons (Fsp3) is 0.167. The standard InChI is InChI=1S/C18H15N3O2/c1-21-16-7-4-13(8-14(16)10-18(21)23)9-17(22)20-15-5-2-12(11-19)3-6-15/h2-8H,9-10H2,1H3,(H,20,22). The maximum atomic E-state index is 12.1. The Balaban J connectivity index is 1.68. The van der Waals surface area contributed by atoms with Crippen LogP contribution in [0.15, 0.2) is 42.5 Å². The molecule has 23 heavy (non-hydrogen) atoms. The first-order valence-electron chi connectivity index (χ1n) is 7.25. The second kappa shape index (κ2) is 5.93. The van der Waals surface area contributed by atoms with Crippen LogP contribution in [0.4, 0.5) is 11.4 Å². The van der Waals surface area contributed by atoms with Crippen LogP contribution in [0.2, 0.25) is 0 Å². The lowest BCUT2D eigenvalue weighted by molar-refractivity contribution is -0.117. The van der Waals surface area contributed by atoms with Crippen LogP contribution in [0.3, 0.4) is 0 Å². The highest BCUT2D eigenvalue weighted by molar-refractivity contribution is 6.01. The van der Waals surface area contributed by atoms with Gasteiger partial charge in [0, 0.05) is 18.4 Å². The molecule has 5 nitrogen and oxygen atoms in total. The number of rotatable bonds is 3. The first-order chi connectivity index (χ1) is 11.1. The molecule has 2 amide bonds. The maximum absolute atomic E-state index is 12.1. The fourth-order valence-corrected chi connectivity index (χ4v) is 2.65. The number of hydrogen-bond donors (Lipinski definition) is 1. The van der Waals surface area contributed by atoms with Gasteiger partial charge in [-0.2, -0.15) is 5.26 Å². The number of carbonyl (C=O) groups excluding carboxylic acids is 2. The highest BCUT2D eigenvalue weighted by Crippen LogP contribution is 2.28. The number of benzene rings is 2. The van der Waals surface area contributed by atoms with E-state index < -0.39 is 0 Å². The summed E-state index contributed by atoms with van der Waals surface area (Å²) in [4.78, 5) is 25.4. The number of nitrogens with one attached hydrogen (secondary N) is 1. The van der Waals surface area contributed by atoms with Crippen molar-refractivity contribution in [3.8, 4) is 6.07 Å². The van der Waals surface area contributed by atoms with Crippen LogP contribution in [0.5, 0.6) is 0 Å². The predicted molar refractivity (Wildman–Crippen MR) is 87.0 cm³/mol. The van der Waals surface area contributed by atoms with Gasteiger partial charge >= 0.3 is 0 Å². The molecule has 0 radical (unpaired) electrons. The smallest absolute Gasteiger partial charge is 0.231 e. The summed E-state index contributed by atoms with van der Waals surface area (Å²) >= 11 is 0. The summed E-state index contributed by atoms with van der Waals surface area (Å²) in [6, 6.07) is 14.4. The second-order valence-electron chi connectivity index (χ2n) is 5.51. The molecule has 1 aliphatic rings. The zero-order valence-corrected chi connectivity index (χ0v) is 12.7. The molecule has 1 N–H and O–H groups in total. The van der Waals surface area contributed by atoms with Crippen LogP contribution >= 0.6 is 0 Å². The summed E-state index contributed by atoms with van der Waals surface area (Å²) in [5.41, 5.74) is 3.95. The van der Waals surface area contributed by atoms with Crippen molar-refractivity contribution >= 4 is 23.2 Å². The average Bonchev–Trinajstić information content (AvgIpc) is 2.82. The lowest BCUT2D eigenvalue weighted by Crippen LogP contribution is -2.20. The van der Waals surface area contributed by atoms with Gasteiger partial charge in [-0.3, -0.25) is 9.59 Å². The molecule has 0 atom stereocenters. The molecule has 114 valence electrons. The minimum Gasteiger partial charge on any atom is -0.326 e. The van der Waals surface area contributed by atoms with E-state index >= 15 is 0 Å². The van der Waals surface area contributed by atoms with Gasteiger partial charge in [0.1, 0.15) is 0 Å². The minimum atomic E-state index is -0.132. The van der Waals surface area contributed by atoms with Crippen molar-refractivity contribution in [3.05, 3.63) is 59.2 Å².